The highest BCUT2D eigenvalue weighted by molar-refractivity contribution is 7.07. The van der Waals surface area contributed by atoms with Crippen LogP contribution in [0.1, 0.15) is 64.8 Å². The van der Waals surface area contributed by atoms with Crippen molar-refractivity contribution in [2.75, 3.05) is 14.2 Å². The van der Waals surface area contributed by atoms with Gasteiger partial charge in [0.25, 0.3) is 11.8 Å². The first-order valence-corrected chi connectivity index (χ1v) is 13.7. The van der Waals surface area contributed by atoms with Crippen LogP contribution in [-0.2, 0) is 16.2 Å². The van der Waals surface area contributed by atoms with Crippen LogP contribution in [0.5, 0.6) is 11.5 Å². The van der Waals surface area contributed by atoms with Crippen molar-refractivity contribution in [3.8, 4) is 11.5 Å². The van der Waals surface area contributed by atoms with Gasteiger partial charge in [-0.1, -0.05) is 31.0 Å². The maximum Gasteiger partial charge on any atom is 0.255 e. The van der Waals surface area contributed by atoms with Crippen LogP contribution in [0.15, 0.2) is 53.4 Å². The number of nitrogens with two attached hydrogens (primary N) is 1. The zero-order valence-electron chi connectivity index (χ0n) is 21.5. The summed E-state index contributed by atoms with van der Waals surface area (Å²) in [5.41, 5.74) is 13.5. The summed E-state index contributed by atoms with van der Waals surface area (Å²) in [6, 6.07) is 11.6. The van der Waals surface area contributed by atoms with E-state index in [1.165, 1.54) is 11.3 Å². The first kappa shape index (κ1) is 26.1. The van der Waals surface area contributed by atoms with Crippen LogP contribution in [0.2, 0.25) is 0 Å². The van der Waals surface area contributed by atoms with E-state index in [-0.39, 0.29) is 30.5 Å². The van der Waals surface area contributed by atoms with Crippen LogP contribution >= 0.6 is 11.3 Å². The molecule has 4 unspecified atom stereocenters. The predicted molar refractivity (Wildman–Crippen MR) is 143 cm³/mol. The number of rotatable bonds is 8. The number of carbonyl (C=O) groups excluding carboxylic acids is 2. The van der Waals surface area contributed by atoms with Gasteiger partial charge in [0.15, 0.2) is 0 Å². The van der Waals surface area contributed by atoms with Gasteiger partial charge in [0.2, 0.25) is 0 Å². The maximum atomic E-state index is 14.1. The first-order valence-electron chi connectivity index (χ1n) is 12.7. The summed E-state index contributed by atoms with van der Waals surface area (Å²) in [7, 11) is 3.15. The van der Waals surface area contributed by atoms with Gasteiger partial charge in [-0.15, -0.1) is 11.3 Å². The molecule has 1 saturated carbocycles. The van der Waals surface area contributed by atoms with Crippen molar-refractivity contribution in [3.63, 3.8) is 0 Å². The number of carbonyl (C=O) groups is 2. The third-order valence-electron chi connectivity index (χ3n) is 7.43. The van der Waals surface area contributed by atoms with Gasteiger partial charge >= 0.3 is 0 Å². The Morgan fingerprint density at radius 2 is 1.95 bits per heavy atom. The van der Waals surface area contributed by atoms with E-state index >= 15 is 0 Å². The molecule has 2 aromatic carbocycles. The Hall–Kier alpha value is -3.47. The molecule has 2 heterocycles. The molecule has 0 spiro atoms. The van der Waals surface area contributed by atoms with E-state index in [4.69, 9.17) is 20.0 Å². The highest BCUT2D eigenvalue weighted by atomic mass is 32.1. The van der Waals surface area contributed by atoms with E-state index < -0.39 is 12.0 Å². The third kappa shape index (κ3) is 4.99. The van der Waals surface area contributed by atoms with E-state index in [1.54, 1.807) is 31.9 Å². The number of thiazole rings is 1. The summed E-state index contributed by atoms with van der Waals surface area (Å²) in [5, 5.41) is 1.86. The molecule has 2 amide bonds. The monoisotopic (exact) mass is 536 g/mol. The number of hydroxylamine groups is 1. The van der Waals surface area contributed by atoms with Crippen molar-refractivity contribution in [2.45, 2.75) is 56.3 Å². The minimum Gasteiger partial charge on any atom is -0.497 e. The number of hydrogen-bond donors (Lipinski definition) is 2. The van der Waals surface area contributed by atoms with Crippen molar-refractivity contribution < 1.29 is 23.9 Å². The van der Waals surface area contributed by atoms with E-state index in [2.05, 4.69) is 10.5 Å². The Kier molecular flexibility index (Phi) is 7.92. The molecule has 9 nitrogen and oxygen atoms in total. The Bertz CT molecular complexity index is 1280. The summed E-state index contributed by atoms with van der Waals surface area (Å²) in [6.45, 7) is 0.135. The first-order chi connectivity index (χ1) is 18.5. The summed E-state index contributed by atoms with van der Waals surface area (Å²) in [6.07, 6.45) is 3.56. The third-order valence-corrected chi connectivity index (χ3v) is 8.07. The van der Waals surface area contributed by atoms with Crippen LogP contribution in [0.25, 0.3) is 0 Å². The smallest absolute Gasteiger partial charge is 0.255 e. The Morgan fingerprint density at radius 3 is 2.68 bits per heavy atom. The lowest BCUT2D eigenvalue weighted by molar-refractivity contribution is -0.138. The lowest BCUT2D eigenvalue weighted by Crippen LogP contribution is -2.57. The fraction of sp³-hybridized carbons (Fsp3) is 0.393. The van der Waals surface area contributed by atoms with Crippen LogP contribution in [0.4, 0.5) is 0 Å². The molecule has 10 heteroatoms. The molecule has 1 aliphatic heterocycles. The topological polar surface area (TPSA) is 116 Å². The molecule has 1 aliphatic carbocycles. The van der Waals surface area contributed by atoms with Gasteiger partial charge < -0.3 is 20.1 Å². The molecule has 0 radical (unpaired) electrons. The van der Waals surface area contributed by atoms with Crippen LogP contribution in [0, 0.1) is 0 Å². The molecule has 1 aromatic heterocycles. The number of ether oxygens (including phenoxy) is 2. The number of methoxy groups -OCH3 is 2. The van der Waals surface area contributed by atoms with E-state index in [1.807, 2.05) is 40.6 Å². The van der Waals surface area contributed by atoms with E-state index in [0.29, 0.717) is 28.2 Å². The average molecular weight is 537 g/mol. The van der Waals surface area contributed by atoms with Gasteiger partial charge in [-0.05, 0) is 36.6 Å². The van der Waals surface area contributed by atoms with Gasteiger partial charge in [0.1, 0.15) is 18.1 Å². The minimum absolute atomic E-state index is 0.135. The second kappa shape index (κ2) is 11.5. The molecule has 0 bridgehead atoms. The fourth-order valence-electron chi connectivity index (χ4n) is 5.63. The molecule has 3 aromatic rings. The lowest BCUT2D eigenvalue weighted by Gasteiger charge is -2.48. The number of fused-ring (bicyclic) bond motifs is 1. The second-order valence-electron chi connectivity index (χ2n) is 9.58. The molecular formula is C28H32N4O5S. The fourth-order valence-corrected chi connectivity index (χ4v) is 6.17. The normalized spacial score (nSPS) is 23.0. The number of hydrogen-bond acceptors (Lipinski definition) is 8. The van der Waals surface area contributed by atoms with E-state index in [0.717, 1.165) is 31.4 Å². The maximum absolute atomic E-state index is 14.1. The van der Waals surface area contributed by atoms with Gasteiger partial charge in [0, 0.05) is 34.7 Å². The number of aromatic nitrogens is 1. The highest BCUT2D eigenvalue weighted by Crippen LogP contribution is 2.48. The summed E-state index contributed by atoms with van der Waals surface area (Å²) >= 11 is 1.45. The Morgan fingerprint density at radius 1 is 1.13 bits per heavy atom. The largest absolute Gasteiger partial charge is 0.497 e. The van der Waals surface area contributed by atoms with Crippen molar-refractivity contribution in [1.29, 1.82) is 0 Å². The molecule has 5 rings (SSSR count). The average Bonchev–Trinajstić information content (AvgIpc) is 3.47. The molecule has 1 fully saturated rings. The molecule has 38 heavy (non-hydrogen) atoms. The quantitative estimate of drug-likeness (QED) is 0.419. The van der Waals surface area contributed by atoms with Gasteiger partial charge in [-0.3, -0.25) is 14.4 Å². The second-order valence-corrected chi connectivity index (χ2v) is 10.3. The summed E-state index contributed by atoms with van der Waals surface area (Å²) < 4.78 is 11.2. The van der Waals surface area contributed by atoms with Crippen LogP contribution in [-0.4, -0.2) is 48.0 Å². The van der Waals surface area contributed by atoms with Crippen molar-refractivity contribution >= 4 is 23.2 Å². The van der Waals surface area contributed by atoms with Crippen molar-refractivity contribution in [3.05, 3.63) is 75.7 Å². The van der Waals surface area contributed by atoms with Crippen molar-refractivity contribution in [1.82, 2.24) is 15.4 Å². The Balaban J connectivity index is 1.61. The zero-order chi connectivity index (χ0) is 26.6. The number of benzene rings is 2. The number of nitrogens with one attached hydrogen (secondary N) is 1. The minimum atomic E-state index is -0.768. The van der Waals surface area contributed by atoms with Crippen molar-refractivity contribution in [2.24, 2.45) is 5.73 Å². The van der Waals surface area contributed by atoms with Gasteiger partial charge in [-0.2, -0.15) is 0 Å². The number of nitrogens with zero attached hydrogens (tertiary/aromatic N) is 2. The summed E-state index contributed by atoms with van der Waals surface area (Å²) in [4.78, 5) is 39.7. The number of amides is 2. The molecule has 200 valence electrons. The van der Waals surface area contributed by atoms with Crippen LogP contribution in [0.3, 0.4) is 0 Å². The van der Waals surface area contributed by atoms with Gasteiger partial charge in [0.05, 0.1) is 37.4 Å². The molecule has 0 saturated heterocycles. The highest BCUT2D eigenvalue weighted by Gasteiger charge is 2.49. The molecule has 2 aliphatic rings. The summed E-state index contributed by atoms with van der Waals surface area (Å²) in [5.74, 6) is -0.134. The molecule has 3 N–H and O–H groups in total. The lowest BCUT2D eigenvalue weighted by atomic mass is 9.76. The predicted octanol–water partition coefficient (Wildman–Crippen LogP) is 3.96. The standard InChI is InChI=1S/C28H32N4O5S/c1-35-18-11-12-21(24(13-18)36-2)26-25(27(33)31-37-14-17-15-38-16-30-17)19-7-3-4-8-20(19)28(34)32(26)23-10-6-5-9-22(23)29/h3-4,7-8,11-13,15-16,22-23,25-26H,5-6,9-10,14,29H2,1-2H3,(H,31,33). The molecule has 4 atom stereocenters. The SMILES string of the molecule is COc1ccc(C2C(C(=O)NOCc3cscn3)c3ccccc3C(=O)N2C2CCCCC2N)c(OC)c1. The molecular weight excluding hydrogens is 504 g/mol. The Labute approximate surface area is 225 Å². The van der Waals surface area contributed by atoms with Gasteiger partial charge in [-0.25, -0.2) is 10.5 Å². The van der Waals surface area contributed by atoms with Crippen LogP contribution < -0.4 is 20.7 Å². The van der Waals surface area contributed by atoms with E-state index in [9.17, 15) is 9.59 Å². The zero-order valence-corrected chi connectivity index (χ0v) is 22.3.